The Balaban J connectivity index is 2.18. The predicted molar refractivity (Wildman–Crippen MR) is 80.6 cm³/mol. The third-order valence-corrected chi connectivity index (χ3v) is 3.54. The summed E-state index contributed by atoms with van der Waals surface area (Å²) < 4.78 is 3.47. The van der Waals surface area contributed by atoms with Crippen molar-refractivity contribution in [3.8, 4) is 17.1 Å². The van der Waals surface area contributed by atoms with E-state index in [4.69, 9.17) is 0 Å². The number of aldehydes is 1. The van der Waals surface area contributed by atoms with Gasteiger partial charge in [-0.2, -0.15) is 10.2 Å². The zero-order chi connectivity index (χ0) is 15.0. The minimum absolute atomic E-state index is 0.555. The van der Waals surface area contributed by atoms with Crippen LogP contribution in [0.15, 0.2) is 36.7 Å². The second kappa shape index (κ2) is 5.01. The van der Waals surface area contributed by atoms with Crippen LogP contribution in [0.3, 0.4) is 0 Å². The summed E-state index contributed by atoms with van der Waals surface area (Å²) in [6.45, 7) is 4.07. The molecule has 0 fully saturated rings. The van der Waals surface area contributed by atoms with Crippen LogP contribution in [0.25, 0.3) is 17.1 Å². The minimum Gasteiger partial charge on any atom is -0.298 e. The molecule has 0 unspecified atom stereocenters. The fourth-order valence-electron chi connectivity index (χ4n) is 2.37. The smallest absolute Gasteiger partial charge is 0.153 e. The van der Waals surface area contributed by atoms with Crippen LogP contribution in [-0.2, 0) is 7.05 Å². The maximum absolute atomic E-state index is 11.3. The van der Waals surface area contributed by atoms with Crippen LogP contribution in [0.5, 0.6) is 0 Å². The molecule has 0 radical (unpaired) electrons. The molecule has 5 nitrogen and oxygen atoms in total. The lowest BCUT2D eigenvalue weighted by molar-refractivity contribution is 0.112. The number of hydrogen-bond donors (Lipinski definition) is 0. The first-order valence-electron chi connectivity index (χ1n) is 6.71. The number of rotatable bonds is 3. The number of hydrogen-bond acceptors (Lipinski definition) is 3. The third-order valence-electron chi connectivity index (χ3n) is 3.54. The number of benzene rings is 1. The van der Waals surface area contributed by atoms with Crippen molar-refractivity contribution in [3.63, 3.8) is 0 Å². The van der Waals surface area contributed by atoms with Gasteiger partial charge in [0.25, 0.3) is 0 Å². The molecule has 3 rings (SSSR count). The van der Waals surface area contributed by atoms with Crippen LogP contribution < -0.4 is 0 Å². The van der Waals surface area contributed by atoms with Crippen LogP contribution in [0.4, 0.5) is 0 Å². The Hall–Kier alpha value is -2.69. The molecule has 0 aliphatic heterocycles. The zero-order valence-corrected chi connectivity index (χ0v) is 12.2. The quantitative estimate of drug-likeness (QED) is 0.693. The van der Waals surface area contributed by atoms with Crippen molar-refractivity contribution in [1.29, 1.82) is 0 Å². The lowest BCUT2D eigenvalue weighted by Gasteiger charge is -2.06. The highest BCUT2D eigenvalue weighted by Crippen LogP contribution is 2.23. The van der Waals surface area contributed by atoms with Gasteiger partial charge in [0.05, 0.1) is 16.9 Å². The van der Waals surface area contributed by atoms with Gasteiger partial charge in [-0.05, 0) is 37.1 Å². The van der Waals surface area contributed by atoms with Crippen LogP contribution in [0.1, 0.15) is 21.5 Å². The van der Waals surface area contributed by atoms with Crippen molar-refractivity contribution >= 4 is 6.29 Å². The largest absolute Gasteiger partial charge is 0.298 e. The Morgan fingerprint density at radius 2 is 2.00 bits per heavy atom. The molecule has 0 saturated heterocycles. The SMILES string of the molecule is Cc1ccc(C)c(-n2cc(C=O)c(-c3ccnn3C)n2)c1. The summed E-state index contributed by atoms with van der Waals surface area (Å²) in [5, 5.41) is 8.71. The van der Waals surface area contributed by atoms with E-state index in [1.807, 2.05) is 27.0 Å². The Morgan fingerprint density at radius 3 is 2.67 bits per heavy atom. The summed E-state index contributed by atoms with van der Waals surface area (Å²) in [6, 6.07) is 8.02. The zero-order valence-electron chi connectivity index (χ0n) is 12.2. The summed E-state index contributed by atoms with van der Waals surface area (Å²) in [4.78, 5) is 11.3. The normalized spacial score (nSPS) is 10.8. The van der Waals surface area contributed by atoms with Crippen molar-refractivity contribution in [2.24, 2.45) is 7.05 Å². The van der Waals surface area contributed by atoms with Crippen LogP contribution in [0, 0.1) is 13.8 Å². The van der Waals surface area contributed by atoms with Crippen LogP contribution in [-0.4, -0.2) is 25.8 Å². The van der Waals surface area contributed by atoms with Gasteiger partial charge in [0.1, 0.15) is 5.69 Å². The molecule has 106 valence electrons. The molecule has 2 heterocycles. The Morgan fingerprint density at radius 1 is 1.19 bits per heavy atom. The Bertz CT molecular complexity index is 814. The molecule has 5 heteroatoms. The number of carbonyl (C=O) groups is 1. The molecule has 2 aromatic heterocycles. The van der Waals surface area contributed by atoms with Gasteiger partial charge in [-0.15, -0.1) is 0 Å². The highest BCUT2D eigenvalue weighted by atomic mass is 16.1. The fourth-order valence-corrected chi connectivity index (χ4v) is 2.37. The Labute approximate surface area is 122 Å². The molecule has 21 heavy (non-hydrogen) atoms. The minimum atomic E-state index is 0.555. The van der Waals surface area contributed by atoms with Gasteiger partial charge >= 0.3 is 0 Å². The molecule has 0 aliphatic carbocycles. The van der Waals surface area contributed by atoms with Gasteiger partial charge in [-0.1, -0.05) is 12.1 Å². The van der Waals surface area contributed by atoms with Crippen LogP contribution in [0.2, 0.25) is 0 Å². The van der Waals surface area contributed by atoms with Crippen molar-refractivity contribution in [2.45, 2.75) is 13.8 Å². The topological polar surface area (TPSA) is 52.7 Å². The molecule has 0 N–H and O–H groups in total. The van der Waals surface area contributed by atoms with Gasteiger partial charge in [0, 0.05) is 19.4 Å². The van der Waals surface area contributed by atoms with E-state index in [0.717, 1.165) is 28.8 Å². The summed E-state index contributed by atoms with van der Waals surface area (Å²) in [6.07, 6.45) is 4.29. The third kappa shape index (κ3) is 2.27. The molecular weight excluding hydrogens is 264 g/mol. The number of aromatic nitrogens is 4. The number of nitrogens with zero attached hydrogens (tertiary/aromatic N) is 4. The second-order valence-electron chi connectivity index (χ2n) is 5.13. The molecule has 0 saturated carbocycles. The summed E-state index contributed by atoms with van der Waals surface area (Å²) >= 11 is 0. The Kier molecular flexibility index (Phi) is 3.17. The molecule has 0 bridgehead atoms. The van der Waals surface area contributed by atoms with Gasteiger partial charge in [0.2, 0.25) is 0 Å². The van der Waals surface area contributed by atoms with Gasteiger partial charge in [-0.25, -0.2) is 4.68 Å². The molecule has 0 spiro atoms. The lowest BCUT2D eigenvalue weighted by Crippen LogP contribution is -2.00. The monoisotopic (exact) mass is 280 g/mol. The second-order valence-corrected chi connectivity index (χ2v) is 5.13. The molecule has 0 atom stereocenters. The first-order chi connectivity index (χ1) is 10.1. The highest BCUT2D eigenvalue weighted by molar-refractivity contribution is 5.84. The molecule has 3 aromatic rings. The van der Waals surface area contributed by atoms with E-state index in [1.165, 1.54) is 0 Å². The summed E-state index contributed by atoms with van der Waals surface area (Å²) in [5.41, 5.74) is 5.26. The lowest BCUT2D eigenvalue weighted by atomic mass is 10.1. The van der Waals surface area contributed by atoms with E-state index in [-0.39, 0.29) is 0 Å². The standard InChI is InChI=1S/C16H16N4O/c1-11-4-5-12(2)15(8-11)20-9-13(10-21)16(18-20)14-6-7-17-19(14)3/h4-10H,1-3H3. The van der Waals surface area contributed by atoms with Gasteiger partial charge in [0.15, 0.2) is 6.29 Å². The molecule has 0 amide bonds. The molecule has 1 aromatic carbocycles. The molecule has 0 aliphatic rings. The van der Waals surface area contributed by atoms with E-state index in [0.29, 0.717) is 11.3 Å². The summed E-state index contributed by atoms with van der Waals surface area (Å²) in [7, 11) is 1.83. The van der Waals surface area contributed by atoms with Crippen molar-refractivity contribution in [1.82, 2.24) is 19.6 Å². The number of carbonyl (C=O) groups excluding carboxylic acids is 1. The van der Waals surface area contributed by atoms with Gasteiger partial charge < -0.3 is 0 Å². The van der Waals surface area contributed by atoms with E-state index in [9.17, 15) is 4.79 Å². The van der Waals surface area contributed by atoms with Gasteiger partial charge in [-0.3, -0.25) is 9.48 Å². The van der Waals surface area contributed by atoms with E-state index in [1.54, 1.807) is 21.8 Å². The average molecular weight is 280 g/mol. The van der Waals surface area contributed by atoms with E-state index >= 15 is 0 Å². The maximum Gasteiger partial charge on any atom is 0.153 e. The predicted octanol–water partition coefficient (Wildman–Crippen LogP) is 2.70. The van der Waals surface area contributed by atoms with Crippen molar-refractivity contribution in [3.05, 3.63) is 53.3 Å². The van der Waals surface area contributed by atoms with Crippen molar-refractivity contribution in [2.75, 3.05) is 0 Å². The first kappa shape index (κ1) is 13.3. The molecular formula is C16H16N4O. The van der Waals surface area contributed by atoms with E-state index in [2.05, 4.69) is 28.4 Å². The number of aryl methyl sites for hydroxylation is 3. The van der Waals surface area contributed by atoms with Crippen LogP contribution >= 0.6 is 0 Å². The van der Waals surface area contributed by atoms with E-state index < -0.39 is 0 Å². The highest BCUT2D eigenvalue weighted by Gasteiger charge is 2.15. The van der Waals surface area contributed by atoms with Crippen molar-refractivity contribution < 1.29 is 4.79 Å². The fraction of sp³-hybridized carbons (Fsp3) is 0.188. The first-order valence-corrected chi connectivity index (χ1v) is 6.71. The maximum atomic E-state index is 11.3. The summed E-state index contributed by atoms with van der Waals surface area (Å²) in [5.74, 6) is 0. The average Bonchev–Trinajstić information content (AvgIpc) is 3.07.